The van der Waals surface area contributed by atoms with Gasteiger partial charge in [0, 0.05) is 19.4 Å². The zero-order valence-corrected chi connectivity index (χ0v) is 15.5. The van der Waals surface area contributed by atoms with Crippen molar-refractivity contribution in [3.05, 3.63) is 34.0 Å². The molecule has 1 unspecified atom stereocenters. The molecular weight excluding hydrogens is 334 g/mol. The molecule has 0 aromatic carbocycles. The summed E-state index contributed by atoms with van der Waals surface area (Å²) < 4.78 is 0. The average molecular weight is 363 g/mol. The van der Waals surface area contributed by atoms with Crippen LogP contribution in [0.1, 0.15) is 55.9 Å². The van der Waals surface area contributed by atoms with Gasteiger partial charge in [-0.05, 0) is 43.6 Å². The zero-order valence-electron chi connectivity index (χ0n) is 14.7. The Kier molecular flexibility index (Phi) is 6.64. The minimum absolute atomic E-state index is 0.187. The van der Waals surface area contributed by atoms with E-state index in [0.717, 1.165) is 38.6 Å². The molecular formula is C19H28N3O2S+. The molecule has 2 aliphatic rings. The van der Waals surface area contributed by atoms with E-state index in [2.05, 4.69) is 34.2 Å². The second-order valence-electron chi connectivity index (χ2n) is 6.96. The van der Waals surface area contributed by atoms with Crippen molar-refractivity contribution in [3.8, 4) is 0 Å². The number of carbonyl (C=O) groups is 2. The Balaban J connectivity index is 1.38. The van der Waals surface area contributed by atoms with Crippen molar-refractivity contribution in [2.24, 2.45) is 0 Å². The number of urea groups is 1. The summed E-state index contributed by atoms with van der Waals surface area (Å²) in [6, 6.07) is 4.23. The van der Waals surface area contributed by atoms with Crippen LogP contribution in [0.4, 0.5) is 4.79 Å². The van der Waals surface area contributed by atoms with Crippen LogP contribution in [0.15, 0.2) is 29.2 Å². The lowest BCUT2D eigenvalue weighted by Crippen LogP contribution is -3.11. The number of imide groups is 1. The van der Waals surface area contributed by atoms with Crippen molar-refractivity contribution in [1.29, 1.82) is 0 Å². The quantitative estimate of drug-likeness (QED) is 0.679. The smallest absolute Gasteiger partial charge is 0.321 e. The van der Waals surface area contributed by atoms with Crippen LogP contribution < -0.4 is 15.5 Å². The molecule has 1 aliphatic carbocycles. The number of allylic oxidation sites excluding steroid dienone is 1. The van der Waals surface area contributed by atoms with E-state index in [1.165, 1.54) is 28.2 Å². The number of hydrogen-bond acceptors (Lipinski definition) is 3. The summed E-state index contributed by atoms with van der Waals surface area (Å²) in [5, 5.41) is 7.37. The van der Waals surface area contributed by atoms with Crippen LogP contribution in [0.5, 0.6) is 0 Å². The van der Waals surface area contributed by atoms with E-state index in [-0.39, 0.29) is 11.9 Å². The number of quaternary nitrogens is 1. The third kappa shape index (κ3) is 5.41. The van der Waals surface area contributed by atoms with Gasteiger partial charge in [-0.3, -0.25) is 10.1 Å². The number of hydrogen-bond donors (Lipinski definition) is 3. The van der Waals surface area contributed by atoms with Gasteiger partial charge in [-0.1, -0.05) is 17.7 Å². The molecule has 1 aliphatic heterocycles. The van der Waals surface area contributed by atoms with Gasteiger partial charge in [0.15, 0.2) is 6.54 Å². The molecule has 0 spiro atoms. The predicted molar refractivity (Wildman–Crippen MR) is 99.7 cm³/mol. The van der Waals surface area contributed by atoms with Crippen LogP contribution in [0.2, 0.25) is 0 Å². The fourth-order valence-corrected chi connectivity index (χ4v) is 4.77. The maximum absolute atomic E-state index is 12.2. The molecule has 1 fully saturated rings. The van der Waals surface area contributed by atoms with Gasteiger partial charge in [-0.2, -0.15) is 0 Å². The Hall–Kier alpha value is -1.66. The maximum Gasteiger partial charge on any atom is 0.321 e. The summed E-state index contributed by atoms with van der Waals surface area (Å²) in [4.78, 5) is 26.7. The lowest BCUT2D eigenvalue weighted by molar-refractivity contribution is -0.910. The highest BCUT2D eigenvalue weighted by Gasteiger charge is 2.32. The number of rotatable bonds is 6. The molecule has 0 saturated carbocycles. The highest BCUT2D eigenvalue weighted by Crippen LogP contribution is 2.23. The lowest BCUT2D eigenvalue weighted by atomic mass is 9.97. The van der Waals surface area contributed by atoms with Crippen LogP contribution >= 0.6 is 11.3 Å². The first kappa shape index (κ1) is 18.1. The Labute approximate surface area is 153 Å². The highest BCUT2D eigenvalue weighted by molar-refractivity contribution is 7.10. The SMILES string of the molecule is O=C(C[NH+]1CCC[C@@H]1c1cccs1)NC(=O)NCCC1=CCCCC1. The van der Waals surface area contributed by atoms with Gasteiger partial charge in [-0.25, -0.2) is 4.79 Å². The summed E-state index contributed by atoms with van der Waals surface area (Å²) in [7, 11) is 0. The fourth-order valence-electron chi connectivity index (χ4n) is 3.85. The van der Waals surface area contributed by atoms with Gasteiger partial charge in [0.05, 0.1) is 11.4 Å². The summed E-state index contributed by atoms with van der Waals surface area (Å²) >= 11 is 1.75. The number of likely N-dealkylation sites (tertiary alicyclic amines) is 1. The number of carbonyl (C=O) groups excluding carboxylic acids is 2. The molecule has 3 N–H and O–H groups in total. The van der Waals surface area contributed by atoms with Crippen molar-refractivity contribution >= 4 is 23.3 Å². The van der Waals surface area contributed by atoms with Crippen molar-refractivity contribution in [2.75, 3.05) is 19.6 Å². The minimum atomic E-state index is -0.368. The third-order valence-electron chi connectivity index (χ3n) is 5.13. The molecule has 1 saturated heterocycles. The lowest BCUT2D eigenvalue weighted by Gasteiger charge is -2.20. The minimum Gasteiger partial charge on any atom is -0.337 e. The first-order valence-electron chi connectivity index (χ1n) is 9.36. The highest BCUT2D eigenvalue weighted by atomic mass is 32.1. The molecule has 25 heavy (non-hydrogen) atoms. The molecule has 0 radical (unpaired) electrons. The summed E-state index contributed by atoms with van der Waals surface area (Å²) in [5.41, 5.74) is 1.43. The van der Waals surface area contributed by atoms with E-state index < -0.39 is 0 Å². The van der Waals surface area contributed by atoms with Crippen molar-refractivity contribution < 1.29 is 14.5 Å². The molecule has 2 atom stereocenters. The largest absolute Gasteiger partial charge is 0.337 e. The predicted octanol–water partition coefficient (Wildman–Crippen LogP) is 2.18. The van der Waals surface area contributed by atoms with Crippen molar-refractivity contribution in [1.82, 2.24) is 10.6 Å². The molecule has 1 aromatic rings. The Bertz CT molecular complexity index is 612. The topological polar surface area (TPSA) is 62.6 Å². The monoisotopic (exact) mass is 362 g/mol. The third-order valence-corrected chi connectivity index (χ3v) is 6.11. The normalized spacial score (nSPS) is 23.1. The summed E-state index contributed by atoms with van der Waals surface area (Å²) in [5.74, 6) is -0.187. The van der Waals surface area contributed by atoms with Gasteiger partial charge in [0.2, 0.25) is 0 Å². The standard InChI is InChI=1S/C19H27N3O2S/c23-18(14-22-12-4-8-16(22)17-9-5-13-25-17)21-19(24)20-11-10-15-6-2-1-3-7-15/h5-6,9,13,16H,1-4,7-8,10-12,14H2,(H2,20,21,23,24)/p+1/t16-/m1/s1. The second kappa shape index (κ2) is 9.15. The fraction of sp³-hybridized carbons (Fsp3) is 0.579. The molecule has 6 heteroatoms. The van der Waals surface area contributed by atoms with Crippen LogP contribution in [0.3, 0.4) is 0 Å². The van der Waals surface area contributed by atoms with Crippen LogP contribution in [-0.4, -0.2) is 31.6 Å². The van der Waals surface area contributed by atoms with Gasteiger partial charge < -0.3 is 10.2 Å². The Morgan fingerprint density at radius 2 is 2.20 bits per heavy atom. The van der Waals surface area contributed by atoms with E-state index in [0.29, 0.717) is 19.1 Å². The van der Waals surface area contributed by atoms with E-state index >= 15 is 0 Å². The van der Waals surface area contributed by atoms with Crippen LogP contribution in [-0.2, 0) is 4.79 Å². The maximum atomic E-state index is 12.2. The zero-order chi connectivity index (χ0) is 17.5. The van der Waals surface area contributed by atoms with Gasteiger partial charge >= 0.3 is 6.03 Å². The van der Waals surface area contributed by atoms with Crippen LogP contribution in [0.25, 0.3) is 0 Å². The Morgan fingerprint density at radius 3 is 2.96 bits per heavy atom. The van der Waals surface area contributed by atoms with Gasteiger partial charge in [-0.15, -0.1) is 11.3 Å². The second-order valence-corrected chi connectivity index (χ2v) is 7.94. The van der Waals surface area contributed by atoms with Crippen molar-refractivity contribution in [3.63, 3.8) is 0 Å². The average Bonchev–Trinajstić information content (AvgIpc) is 3.26. The molecule has 5 nitrogen and oxygen atoms in total. The first-order chi connectivity index (χ1) is 12.2. The van der Waals surface area contributed by atoms with E-state index in [1.807, 2.05) is 0 Å². The first-order valence-corrected chi connectivity index (χ1v) is 10.2. The molecule has 136 valence electrons. The molecule has 3 amide bonds. The molecule has 2 heterocycles. The molecule has 3 rings (SSSR count). The van der Waals surface area contributed by atoms with Crippen LogP contribution in [0, 0.1) is 0 Å². The van der Waals surface area contributed by atoms with E-state index in [9.17, 15) is 9.59 Å². The number of nitrogens with one attached hydrogen (secondary N) is 3. The number of amides is 3. The Morgan fingerprint density at radius 1 is 1.28 bits per heavy atom. The summed E-state index contributed by atoms with van der Waals surface area (Å²) in [6.07, 6.45) is 10.2. The number of thiophene rings is 1. The van der Waals surface area contributed by atoms with Crippen molar-refractivity contribution in [2.45, 2.75) is 51.0 Å². The van der Waals surface area contributed by atoms with Gasteiger partial charge in [0.25, 0.3) is 5.91 Å². The molecule has 0 bridgehead atoms. The van der Waals surface area contributed by atoms with Gasteiger partial charge in [0.1, 0.15) is 6.04 Å². The van der Waals surface area contributed by atoms with E-state index in [1.54, 1.807) is 11.3 Å². The van der Waals surface area contributed by atoms with E-state index in [4.69, 9.17) is 0 Å². The molecule has 1 aromatic heterocycles. The summed E-state index contributed by atoms with van der Waals surface area (Å²) in [6.45, 7) is 1.95.